The molecule has 2 rings (SSSR count). The lowest BCUT2D eigenvalue weighted by molar-refractivity contribution is -0.136. The molecule has 0 spiro atoms. The number of benzene rings is 1. The van der Waals surface area contributed by atoms with E-state index >= 15 is 0 Å². The molecule has 2 N–H and O–H groups in total. The van der Waals surface area contributed by atoms with Crippen molar-refractivity contribution in [2.45, 2.75) is 0 Å². The van der Waals surface area contributed by atoms with Gasteiger partial charge >= 0.3 is 11.8 Å². The number of hydrazone groups is 1. The van der Waals surface area contributed by atoms with Crippen molar-refractivity contribution >= 4 is 23.7 Å². The van der Waals surface area contributed by atoms with E-state index < -0.39 is 11.8 Å². The number of pyridine rings is 1. The summed E-state index contributed by atoms with van der Waals surface area (Å²) < 4.78 is 0. The quantitative estimate of drug-likeness (QED) is 0.501. The van der Waals surface area contributed by atoms with Gasteiger partial charge < -0.3 is 5.32 Å². The summed E-state index contributed by atoms with van der Waals surface area (Å²) in [6, 6.07) is 11.6. The number of hydrogen-bond acceptors (Lipinski definition) is 5. The zero-order chi connectivity index (χ0) is 15.8. The van der Waals surface area contributed by atoms with Crippen molar-refractivity contribution in [3.8, 4) is 6.07 Å². The molecule has 0 aliphatic heterocycles. The first-order valence-electron chi connectivity index (χ1n) is 6.23. The number of nitrogens with one attached hydrogen (secondary N) is 2. The molecule has 0 aliphatic carbocycles. The van der Waals surface area contributed by atoms with Gasteiger partial charge in [-0.1, -0.05) is 6.07 Å². The molecule has 0 bridgehead atoms. The molecule has 0 fully saturated rings. The highest BCUT2D eigenvalue weighted by atomic mass is 16.2. The van der Waals surface area contributed by atoms with E-state index in [0.29, 0.717) is 16.8 Å². The highest BCUT2D eigenvalue weighted by molar-refractivity contribution is 6.39. The van der Waals surface area contributed by atoms with Gasteiger partial charge in [-0.3, -0.25) is 14.6 Å². The van der Waals surface area contributed by atoms with E-state index in [2.05, 4.69) is 20.8 Å². The van der Waals surface area contributed by atoms with E-state index in [0.717, 1.165) is 0 Å². The molecule has 0 saturated heterocycles. The first kappa shape index (κ1) is 14.9. The average molecular weight is 293 g/mol. The van der Waals surface area contributed by atoms with E-state index in [4.69, 9.17) is 5.26 Å². The van der Waals surface area contributed by atoms with E-state index in [1.165, 1.54) is 30.5 Å². The largest absolute Gasteiger partial charge is 0.329 e. The maximum absolute atomic E-state index is 11.6. The van der Waals surface area contributed by atoms with Crippen molar-refractivity contribution < 1.29 is 9.59 Å². The normalized spacial score (nSPS) is 9.95. The second-order valence-electron chi connectivity index (χ2n) is 4.13. The van der Waals surface area contributed by atoms with E-state index in [1.807, 2.05) is 6.07 Å². The van der Waals surface area contributed by atoms with Crippen LogP contribution in [0, 0.1) is 11.3 Å². The van der Waals surface area contributed by atoms with Gasteiger partial charge in [0.05, 0.1) is 17.8 Å². The van der Waals surface area contributed by atoms with Gasteiger partial charge in [0.15, 0.2) is 0 Å². The van der Waals surface area contributed by atoms with Crippen molar-refractivity contribution in [1.29, 1.82) is 5.26 Å². The van der Waals surface area contributed by atoms with Crippen LogP contribution in [0.3, 0.4) is 0 Å². The second-order valence-corrected chi connectivity index (χ2v) is 4.13. The Morgan fingerprint density at radius 3 is 2.59 bits per heavy atom. The Balaban J connectivity index is 1.88. The number of carbonyl (C=O) groups is 2. The van der Waals surface area contributed by atoms with Crippen LogP contribution in [0.15, 0.2) is 53.9 Å². The lowest BCUT2D eigenvalue weighted by Crippen LogP contribution is -2.32. The fourth-order valence-corrected chi connectivity index (χ4v) is 1.48. The average Bonchev–Trinajstić information content (AvgIpc) is 2.56. The maximum Gasteiger partial charge on any atom is 0.329 e. The summed E-state index contributed by atoms with van der Waals surface area (Å²) >= 11 is 0. The van der Waals surface area contributed by atoms with Crippen LogP contribution >= 0.6 is 0 Å². The monoisotopic (exact) mass is 293 g/mol. The van der Waals surface area contributed by atoms with Crippen LogP contribution in [-0.4, -0.2) is 23.0 Å². The highest BCUT2D eigenvalue weighted by Crippen LogP contribution is 2.08. The summed E-state index contributed by atoms with van der Waals surface area (Å²) in [6.07, 6.45) is 4.55. The molecule has 7 nitrogen and oxygen atoms in total. The molecule has 0 unspecified atom stereocenters. The van der Waals surface area contributed by atoms with Crippen LogP contribution in [0.25, 0.3) is 0 Å². The Kier molecular flexibility index (Phi) is 4.94. The topological polar surface area (TPSA) is 107 Å². The van der Waals surface area contributed by atoms with Crippen molar-refractivity contribution in [3.05, 3.63) is 59.9 Å². The zero-order valence-electron chi connectivity index (χ0n) is 11.4. The predicted octanol–water partition coefficient (Wildman–Crippen LogP) is 1.04. The van der Waals surface area contributed by atoms with E-state index in [-0.39, 0.29) is 0 Å². The minimum Gasteiger partial charge on any atom is -0.318 e. The summed E-state index contributed by atoms with van der Waals surface area (Å²) in [5.41, 5.74) is 3.68. The first-order chi connectivity index (χ1) is 10.7. The SMILES string of the molecule is N#Cc1ccc(NC(=O)C(=O)N/N=C/c2cccnc2)cc1. The molecule has 108 valence electrons. The molecule has 22 heavy (non-hydrogen) atoms. The number of nitriles is 1. The molecule has 0 radical (unpaired) electrons. The third kappa shape index (κ3) is 4.25. The fourth-order valence-electron chi connectivity index (χ4n) is 1.48. The van der Waals surface area contributed by atoms with Gasteiger partial charge in [-0.25, -0.2) is 5.43 Å². The molecule has 1 heterocycles. The standard InChI is InChI=1S/C15H11N5O2/c16-8-11-3-5-13(6-4-11)19-14(21)15(22)20-18-10-12-2-1-7-17-9-12/h1-7,9-10H,(H,19,21)(H,20,22)/b18-10+. The number of carbonyl (C=O) groups excluding carboxylic acids is 2. The molecule has 2 aromatic rings. The number of amides is 2. The smallest absolute Gasteiger partial charge is 0.318 e. The summed E-state index contributed by atoms with van der Waals surface area (Å²) in [6.45, 7) is 0. The lowest BCUT2D eigenvalue weighted by atomic mass is 10.2. The molecule has 1 aromatic heterocycles. The van der Waals surface area contributed by atoms with Crippen molar-refractivity contribution in [2.24, 2.45) is 5.10 Å². The molecule has 7 heteroatoms. The van der Waals surface area contributed by atoms with Crippen LogP contribution in [-0.2, 0) is 9.59 Å². The van der Waals surface area contributed by atoms with Crippen LogP contribution < -0.4 is 10.7 Å². The van der Waals surface area contributed by atoms with Gasteiger partial charge in [-0.05, 0) is 30.3 Å². The molecular weight excluding hydrogens is 282 g/mol. The molecule has 2 amide bonds. The van der Waals surface area contributed by atoms with Gasteiger partial charge in [0, 0.05) is 23.6 Å². The van der Waals surface area contributed by atoms with Crippen LogP contribution in [0.2, 0.25) is 0 Å². The third-order valence-electron chi connectivity index (χ3n) is 2.54. The third-order valence-corrected chi connectivity index (χ3v) is 2.54. The van der Waals surface area contributed by atoms with Crippen molar-refractivity contribution in [2.75, 3.05) is 5.32 Å². The number of hydrogen-bond donors (Lipinski definition) is 2. The molecular formula is C15H11N5O2. The summed E-state index contributed by atoms with van der Waals surface area (Å²) in [5.74, 6) is -1.75. The summed E-state index contributed by atoms with van der Waals surface area (Å²) in [5, 5.41) is 14.7. The minimum absolute atomic E-state index is 0.412. The Hall–Kier alpha value is -3.53. The minimum atomic E-state index is -0.899. The van der Waals surface area contributed by atoms with E-state index in [9.17, 15) is 9.59 Å². The zero-order valence-corrected chi connectivity index (χ0v) is 11.4. The Morgan fingerprint density at radius 2 is 1.95 bits per heavy atom. The van der Waals surface area contributed by atoms with Crippen LogP contribution in [0.4, 0.5) is 5.69 Å². The van der Waals surface area contributed by atoms with Crippen LogP contribution in [0.1, 0.15) is 11.1 Å². The molecule has 0 aliphatic rings. The maximum atomic E-state index is 11.6. The number of anilines is 1. The Morgan fingerprint density at radius 1 is 1.18 bits per heavy atom. The molecule has 0 saturated carbocycles. The van der Waals surface area contributed by atoms with Gasteiger partial charge in [0.1, 0.15) is 0 Å². The molecule has 1 aromatic carbocycles. The van der Waals surface area contributed by atoms with Gasteiger partial charge in [-0.2, -0.15) is 10.4 Å². The number of rotatable bonds is 3. The Labute approximate surface area is 126 Å². The molecule has 0 atom stereocenters. The summed E-state index contributed by atoms with van der Waals surface area (Å²) in [7, 11) is 0. The van der Waals surface area contributed by atoms with E-state index in [1.54, 1.807) is 24.5 Å². The van der Waals surface area contributed by atoms with Gasteiger partial charge in [0.25, 0.3) is 0 Å². The van der Waals surface area contributed by atoms with Gasteiger partial charge in [0.2, 0.25) is 0 Å². The van der Waals surface area contributed by atoms with Crippen molar-refractivity contribution in [1.82, 2.24) is 10.4 Å². The predicted molar refractivity (Wildman–Crippen MR) is 79.8 cm³/mol. The first-order valence-corrected chi connectivity index (χ1v) is 6.23. The van der Waals surface area contributed by atoms with Gasteiger partial charge in [-0.15, -0.1) is 0 Å². The highest BCUT2D eigenvalue weighted by Gasteiger charge is 2.12. The lowest BCUT2D eigenvalue weighted by Gasteiger charge is -2.03. The van der Waals surface area contributed by atoms with Crippen molar-refractivity contribution in [3.63, 3.8) is 0 Å². The fraction of sp³-hybridized carbons (Fsp3) is 0. The summed E-state index contributed by atoms with van der Waals surface area (Å²) in [4.78, 5) is 27.1. The number of aromatic nitrogens is 1. The van der Waals surface area contributed by atoms with Crippen LogP contribution in [0.5, 0.6) is 0 Å². The Bertz CT molecular complexity index is 733. The second kappa shape index (κ2) is 7.31. The number of nitrogens with zero attached hydrogens (tertiary/aromatic N) is 3.